The average molecular weight is 410 g/mol. The number of carbonyl (C=O) groups is 1. The first kappa shape index (κ1) is 24.8. The summed E-state index contributed by atoms with van der Waals surface area (Å²) in [5.41, 5.74) is 2.66. The van der Waals surface area contributed by atoms with Crippen LogP contribution in [0.15, 0.2) is 18.2 Å². The van der Waals surface area contributed by atoms with Gasteiger partial charge in [0.25, 0.3) is 0 Å². The van der Waals surface area contributed by atoms with Crippen LogP contribution in [0.1, 0.15) is 113 Å². The van der Waals surface area contributed by atoms with Crippen molar-refractivity contribution in [1.82, 2.24) is 0 Å². The fourth-order valence-electron chi connectivity index (χ4n) is 4.14. The Kier molecular flexibility index (Phi) is 13.1. The number of unbranched alkanes of at least 4 members (excludes halogenated alkanes) is 12. The third kappa shape index (κ3) is 9.32. The molecule has 0 spiro atoms. The number of benzene rings is 1. The van der Waals surface area contributed by atoms with Gasteiger partial charge in [-0.15, -0.1) is 12.4 Å². The minimum Gasteiger partial charge on any atom is -0.478 e. The number of rotatable bonds is 15. The molecule has 160 valence electrons. The molecule has 0 aliphatic carbocycles. The van der Waals surface area contributed by atoms with Crippen molar-refractivity contribution in [1.29, 1.82) is 0 Å². The summed E-state index contributed by atoms with van der Waals surface area (Å²) >= 11 is 0. The summed E-state index contributed by atoms with van der Waals surface area (Å²) in [4.78, 5) is 11.1. The van der Waals surface area contributed by atoms with E-state index in [4.69, 9.17) is 5.11 Å². The maximum Gasteiger partial charge on any atom is 0.335 e. The van der Waals surface area contributed by atoms with E-state index in [1.807, 2.05) is 6.07 Å². The summed E-state index contributed by atoms with van der Waals surface area (Å²) in [6.07, 6.45) is 20.3. The highest BCUT2D eigenvalue weighted by Crippen LogP contribution is 2.29. The molecule has 0 fully saturated rings. The van der Waals surface area contributed by atoms with Crippen molar-refractivity contribution in [3.05, 3.63) is 29.3 Å². The fraction of sp³-hybridized carbons (Fsp3) is 0.708. The van der Waals surface area contributed by atoms with Crippen molar-refractivity contribution in [2.75, 3.05) is 5.32 Å². The van der Waals surface area contributed by atoms with Gasteiger partial charge in [-0.1, -0.05) is 96.5 Å². The highest BCUT2D eigenvalue weighted by atomic mass is 35.5. The van der Waals surface area contributed by atoms with E-state index in [1.54, 1.807) is 12.1 Å². The van der Waals surface area contributed by atoms with E-state index in [2.05, 4.69) is 12.2 Å². The number of anilines is 1. The van der Waals surface area contributed by atoms with Gasteiger partial charge in [0.05, 0.1) is 5.56 Å². The molecule has 0 saturated carbocycles. The van der Waals surface area contributed by atoms with Gasteiger partial charge in [0.15, 0.2) is 0 Å². The first-order chi connectivity index (χ1) is 13.2. The maximum absolute atomic E-state index is 11.1. The molecule has 4 heteroatoms. The molecule has 2 N–H and O–H groups in total. The van der Waals surface area contributed by atoms with Gasteiger partial charge in [0, 0.05) is 11.7 Å². The lowest BCUT2D eigenvalue weighted by Crippen LogP contribution is -2.14. The van der Waals surface area contributed by atoms with Gasteiger partial charge in [0.2, 0.25) is 0 Å². The Morgan fingerprint density at radius 3 is 2.00 bits per heavy atom. The number of aromatic carboxylic acids is 1. The number of carboxylic acid groups (broad SMARTS) is 1. The van der Waals surface area contributed by atoms with Crippen LogP contribution in [0.25, 0.3) is 0 Å². The van der Waals surface area contributed by atoms with Crippen molar-refractivity contribution >= 4 is 24.1 Å². The molecular weight excluding hydrogens is 370 g/mol. The second kappa shape index (κ2) is 14.7. The number of hydrogen-bond acceptors (Lipinski definition) is 2. The molecule has 0 radical (unpaired) electrons. The third-order valence-corrected chi connectivity index (χ3v) is 5.84. The summed E-state index contributed by atoms with van der Waals surface area (Å²) in [5.74, 6) is -0.848. The van der Waals surface area contributed by atoms with Gasteiger partial charge in [-0.25, -0.2) is 4.79 Å². The van der Waals surface area contributed by atoms with E-state index in [0.29, 0.717) is 11.6 Å². The van der Waals surface area contributed by atoms with E-state index < -0.39 is 5.97 Å². The lowest BCUT2D eigenvalue weighted by molar-refractivity contribution is 0.0697. The first-order valence-corrected chi connectivity index (χ1v) is 11.3. The molecule has 0 bridgehead atoms. The van der Waals surface area contributed by atoms with E-state index in [1.165, 1.54) is 95.5 Å². The maximum atomic E-state index is 11.1. The smallest absolute Gasteiger partial charge is 0.335 e. The fourth-order valence-corrected chi connectivity index (χ4v) is 4.14. The molecule has 2 rings (SSSR count). The van der Waals surface area contributed by atoms with Crippen LogP contribution in [0.4, 0.5) is 5.69 Å². The standard InChI is InChI=1S/C24H39NO2.ClH/c1-2-3-4-5-6-7-8-9-10-11-12-13-14-15-22-18-20-16-17-21(24(26)27)19-23(20)25-22;/h16-17,19,22,25H,2-15,18H2,1H3,(H,26,27);1H/t22-;/m0./s1. The molecule has 0 saturated heterocycles. The predicted octanol–water partition coefficient (Wildman–Crippen LogP) is 7.62. The lowest BCUT2D eigenvalue weighted by atomic mass is 10.0. The second-order valence-electron chi connectivity index (χ2n) is 8.25. The normalized spacial score (nSPS) is 15.0. The average Bonchev–Trinajstić information content (AvgIpc) is 3.07. The van der Waals surface area contributed by atoms with Crippen LogP contribution < -0.4 is 5.32 Å². The summed E-state index contributed by atoms with van der Waals surface area (Å²) in [5, 5.41) is 12.6. The molecule has 3 nitrogen and oxygen atoms in total. The zero-order valence-corrected chi connectivity index (χ0v) is 18.5. The minimum atomic E-state index is -0.848. The van der Waals surface area contributed by atoms with E-state index in [9.17, 15) is 4.79 Å². The van der Waals surface area contributed by atoms with Crippen LogP contribution in [0.3, 0.4) is 0 Å². The Morgan fingerprint density at radius 2 is 1.46 bits per heavy atom. The Labute approximate surface area is 178 Å². The minimum absolute atomic E-state index is 0. The number of fused-ring (bicyclic) bond motifs is 1. The van der Waals surface area contributed by atoms with Crippen molar-refractivity contribution in [3.63, 3.8) is 0 Å². The van der Waals surface area contributed by atoms with Crippen LogP contribution >= 0.6 is 12.4 Å². The van der Waals surface area contributed by atoms with Gasteiger partial charge in [-0.05, 0) is 30.5 Å². The Balaban J connectivity index is 0.00000392. The van der Waals surface area contributed by atoms with Crippen molar-refractivity contribution in [2.45, 2.75) is 109 Å². The van der Waals surface area contributed by atoms with Crippen molar-refractivity contribution in [3.8, 4) is 0 Å². The highest BCUT2D eigenvalue weighted by Gasteiger charge is 2.21. The topological polar surface area (TPSA) is 49.3 Å². The summed E-state index contributed by atoms with van der Waals surface area (Å²) < 4.78 is 0. The number of carboxylic acids is 1. The molecule has 0 amide bonds. The molecule has 1 aliphatic heterocycles. The van der Waals surface area contributed by atoms with Gasteiger partial charge in [-0.2, -0.15) is 0 Å². The quantitative estimate of drug-likeness (QED) is 0.293. The number of halogens is 1. The third-order valence-electron chi connectivity index (χ3n) is 5.84. The molecule has 1 aliphatic rings. The Bertz CT molecular complexity index is 562. The van der Waals surface area contributed by atoms with Crippen LogP contribution in [0.2, 0.25) is 0 Å². The van der Waals surface area contributed by atoms with Crippen molar-refractivity contribution < 1.29 is 9.90 Å². The summed E-state index contributed by atoms with van der Waals surface area (Å²) in [7, 11) is 0. The first-order valence-electron chi connectivity index (χ1n) is 11.3. The van der Waals surface area contributed by atoms with Gasteiger partial charge >= 0.3 is 5.97 Å². The van der Waals surface area contributed by atoms with E-state index >= 15 is 0 Å². The molecule has 1 atom stereocenters. The zero-order chi connectivity index (χ0) is 19.3. The largest absolute Gasteiger partial charge is 0.478 e. The van der Waals surface area contributed by atoms with Crippen LogP contribution in [0.5, 0.6) is 0 Å². The lowest BCUT2D eigenvalue weighted by Gasteiger charge is -2.11. The zero-order valence-electron chi connectivity index (χ0n) is 17.7. The Hall–Kier alpha value is -1.22. The molecule has 1 aromatic rings. The second-order valence-corrected chi connectivity index (χ2v) is 8.25. The monoisotopic (exact) mass is 409 g/mol. The molecule has 0 unspecified atom stereocenters. The highest BCUT2D eigenvalue weighted by molar-refractivity contribution is 5.89. The Morgan fingerprint density at radius 1 is 0.929 bits per heavy atom. The SMILES string of the molecule is CCCCCCCCCCCCCCC[C@H]1Cc2ccc(C(=O)O)cc2N1.Cl. The van der Waals surface area contributed by atoms with Crippen molar-refractivity contribution in [2.24, 2.45) is 0 Å². The van der Waals surface area contributed by atoms with Crippen LogP contribution in [-0.2, 0) is 6.42 Å². The van der Waals surface area contributed by atoms with E-state index in [0.717, 1.165) is 12.1 Å². The van der Waals surface area contributed by atoms with Crippen LogP contribution in [-0.4, -0.2) is 17.1 Å². The van der Waals surface area contributed by atoms with Gasteiger partial charge in [-0.3, -0.25) is 0 Å². The number of hydrogen-bond donors (Lipinski definition) is 2. The summed E-state index contributed by atoms with van der Waals surface area (Å²) in [6, 6.07) is 5.95. The summed E-state index contributed by atoms with van der Waals surface area (Å²) in [6.45, 7) is 2.28. The molecule has 1 heterocycles. The molecule has 1 aromatic carbocycles. The predicted molar refractivity (Wildman–Crippen MR) is 122 cm³/mol. The van der Waals surface area contributed by atoms with Gasteiger partial charge in [0.1, 0.15) is 0 Å². The van der Waals surface area contributed by atoms with Crippen LogP contribution in [0, 0.1) is 0 Å². The van der Waals surface area contributed by atoms with Gasteiger partial charge < -0.3 is 10.4 Å². The number of nitrogens with one attached hydrogen (secondary N) is 1. The molecular formula is C24H40ClNO2. The van der Waals surface area contributed by atoms with E-state index in [-0.39, 0.29) is 12.4 Å². The molecule has 28 heavy (non-hydrogen) atoms. The molecule has 0 aromatic heterocycles.